The number of aliphatic carboxylic acids is 1. The molecule has 0 spiro atoms. The van der Waals surface area contributed by atoms with Gasteiger partial charge in [-0.05, 0) is 43.3 Å². The highest BCUT2D eigenvalue weighted by Crippen LogP contribution is 2.36. The van der Waals surface area contributed by atoms with Crippen LogP contribution in [0.25, 0.3) is 0 Å². The van der Waals surface area contributed by atoms with E-state index >= 15 is 0 Å². The minimum Gasteiger partial charge on any atom is -0.479 e. The van der Waals surface area contributed by atoms with Gasteiger partial charge in [0.05, 0.1) is 60.4 Å². The van der Waals surface area contributed by atoms with Crippen LogP contribution >= 0.6 is 0 Å². The van der Waals surface area contributed by atoms with Crippen LogP contribution in [0.15, 0.2) is 58.3 Å². The summed E-state index contributed by atoms with van der Waals surface area (Å²) in [5.74, 6) is -1.13. The van der Waals surface area contributed by atoms with Gasteiger partial charge in [-0.2, -0.15) is 13.2 Å². The molecule has 0 radical (unpaired) electrons. The fourth-order valence-corrected chi connectivity index (χ4v) is 3.95. The van der Waals surface area contributed by atoms with Crippen molar-refractivity contribution < 1.29 is 66.1 Å². The molecule has 0 aliphatic heterocycles. The number of hydrogen-bond donors (Lipinski definition) is 4. The quantitative estimate of drug-likeness (QED) is 0.241. The molecule has 1 unspecified atom stereocenters. The molecule has 0 bridgehead atoms. The Bertz CT molecular complexity index is 1060. The molecular formula is C22H28F3NO11S. The van der Waals surface area contributed by atoms with Gasteiger partial charge in [-0.3, -0.25) is 0 Å². The van der Waals surface area contributed by atoms with Crippen LogP contribution in [0.5, 0.6) is 5.75 Å². The SMILES string of the molecule is CC(Oc1ccc(S(=O)(=O)c2ccccc2C(F)(F)F)cc1)C(=O)O.OCCON(OCCO)OCCO. The Hall–Kier alpha value is -2.83. The number of aliphatic hydroxyl groups excluding tert-OH is 3. The van der Waals surface area contributed by atoms with Crippen molar-refractivity contribution in [2.24, 2.45) is 0 Å². The van der Waals surface area contributed by atoms with E-state index in [4.69, 9.17) is 39.7 Å². The summed E-state index contributed by atoms with van der Waals surface area (Å²) in [7, 11) is -4.41. The first-order valence-electron chi connectivity index (χ1n) is 10.8. The number of benzene rings is 2. The number of alkyl halides is 3. The van der Waals surface area contributed by atoms with Crippen LogP contribution in [0.2, 0.25) is 0 Å². The fraction of sp³-hybridized carbons (Fsp3) is 0.409. The minimum absolute atomic E-state index is 0.0108. The first kappa shape index (κ1) is 33.2. The molecule has 0 aliphatic rings. The largest absolute Gasteiger partial charge is 0.479 e. The van der Waals surface area contributed by atoms with Gasteiger partial charge >= 0.3 is 12.1 Å². The van der Waals surface area contributed by atoms with Crippen LogP contribution in [0.1, 0.15) is 12.5 Å². The van der Waals surface area contributed by atoms with E-state index in [1.165, 1.54) is 25.1 Å². The second-order valence-electron chi connectivity index (χ2n) is 6.96. The molecule has 0 saturated heterocycles. The average Bonchev–Trinajstić information content (AvgIpc) is 2.88. The summed E-state index contributed by atoms with van der Waals surface area (Å²) in [5.41, 5.74) is -1.25. The summed E-state index contributed by atoms with van der Waals surface area (Å²) in [6, 6.07) is 8.37. The van der Waals surface area contributed by atoms with E-state index in [9.17, 15) is 26.4 Å². The van der Waals surface area contributed by atoms with Gasteiger partial charge in [0.1, 0.15) is 5.75 Å². The Balaban J connectivity index is 0.000000471. The summed E-state index contributed by atoms with van der Waals surface area (Å²) in [5, 5.41) is 34.6. The minimum atomic E-state index is -4.82. The van der Waals surface area contributed by atoms with Gasteiger partial charge in [-0.15, -0.1) is 0 Å². The molecule has 2 aromatic carbocycles. The van der Waals surface area contributed by atoms with Crippen molar-refractivity contribution in [2.75, 3.05) is 39.6 Å². The molecule has 2 rings (SSSR count). The van der Waals surface area contributed by atoms with Crippen molar-refractivity contribution in [1.82, 2.24) is 5.39 Å². The number of rotatable bonds is 14. The summed E-state index contributed by atoms with van der Waals surface area (Å²) < 4.78 is 69.2. The number of carboxylic acids is 1. The Kier molecular flexibility index (Phi) is 14.2. The third kappa shape index (κ3) is 10.9. The van der Waals surface area contributed by atoms with E-state index in [0.29, 0.717) is 11.5 Å². The maximum Gasteiger partial charge on any atom is 0.417 e. The predicted molar refractivity (Wildman–Crippen MR) is 122 cm³/mol. The van der Waals surface area contributed by atoms with Gasteiger partial charge in [-0.25, -0.2) is 27.7 Å². The Morgan fingerprint density at radius 3 is 1.79 bits per heavy atom. The van der Waals surface area contributed by atoms with E-state index in [2.05, 4.69) is 0 Å². The lowest BCUT2D eigenvalue weighted by Crippen LogP contribution is -2.28. The highest BCUT2D eigenvalue weighted by atomic mass is 32.2. The molecule has 12 nitrogen and oxygen atoms in total. The normalized spacial score (nSPS) is 12.5. The van der Waals surface area contributed by atoms with E-state index < -0.39 is 38.5 Å². The lowest BCUT2D eigenvalue weighted by atomic mass is 10.2. The molecule has 0 amide bonds. The molecule has 0 heterocycles. The fourth-order valence-electron chi connectivity index (χ4n) is 2.47. The van der Waals surface area contributed by atoms with Gasteiger partial charge in [0.2, 0.25) is 9.84 Å². The second kappa shape index (κ2) is 16.2. The van der Waals surface area contributed by atoms with E-state index in [-0.39, 0.29) is 50.3 Å². The van der Waals surface area contributed by atoms with Crippen molar-refractivity contribution in [3.8, 4) is 5.75 Å². The monoisotopic (exact) mass is 571 g/mol. The number of carboxylic acid groups (broad SMARTS) is 1. The first-order chi connectivity index (χ1) is 17.9. The Morgan fingerprint density at radius 1 is 0.895 bits per heavy atom. The van der Waals surface area contributed by atoms with Gasteiger partial charge < -0.3 is 25.2 Å². The maximum absolute atomic E-state index is 13.0. The summed E-state index contributed by atoms with van der Waals surface area (Å²) in [6.45, 7) is 0.779. The molecule has 2 aromatic rings. The van der Waals surface area contributed by atoms with E-state index in [0.717, 1.165) is 24.3 Å². The summed E-state index contributed by atoms with van der Waals surface area (Å²) in [4.78, 5) is 23.6. The topological polar surface area (TPSA) is 172 Å². The highest BCUT2D eigenvalue weighted by Gasteiger charge is 2.37. The number of hydrogen-bond acceptors (Lipinski definition) is 11. The smallest absolute Gasteiger partial charge is 0.417 e. The standard InChI is InChI=1S/C16H13F3O5S.C6H15NO6/c1-10(15(20)21)24-11-6-8-12(9-7-11)25(22,23)14-5-3-2-4-13(14)16(17,18)19;8-1-4-11-7(12-5-2-9)13-6-3-10/h2-10H,1H3,(H,20,21);8-10H,1-6H2. The lowest BCUT2D eigenvalue weighted by molar-refractivity contribution is -0.527. The average molecular weight is 572 g/mol. The molecule has 4 N–H and O–H groups in total. The molecule has 0 aliphatic carbocycles. The zero-order valence-corrected chi connectivity index (χ0v) is 20.9. The molecule has 1 atom stereocenters. The van der Waals surface area contributed by atoms with Crippen molar-refractivity contribution in [3.05, 3.63) is 54.1 Å². The number of carbonyl (C=O) groups is 1. The number of nitrogens with zero attached hydrogens (tertiary/aromatic N) is 1. The van der Waals surface area contributed by atoms with Crippen LogP contribution < -0.4 is 4.74 Å². The number of ether oxygens (including phenoxy) is 1. The molecule has 214 valence electrons. The number of halogens is 3. The first-order valence-corrected chi connectivity index (χ1v) is 12.3. The molecular weight excluding hydrogens is 543 g/mol. The Morgan fingerprint density at radius 2 is 1.37 bits per heavy atom. The maximum atomic E-state index is 13.0. The zero-order chi connectivity index (χ0) is 28.8. The molecule has 0 saturated carbocycles. The van der Waals surface area contributed by atoms with Crippen molar-refractivity contribution in [2.45, 2.75) is 29.0 Å². The molecule has 38 heavy (non-hydrogen) atoms. The highest BCUT2D eigenvalue weighted by molar-refractivity contribution is 7.91. The van der Waals surface area contributed by atoms with Crippen molar-refractivity contribution >= 4 is 15.8 Å². The van der Waals surface area contributed by atoms with E-state index in [1.54, 1.807) is 0 Å². The number of sulfone groups is 1. The molecule has 0 fully saturated rings. The summed E-state index contributed by atoms with van der Waals surface area (Å²) >= 11 is 0. The lowest BCUT2D eigenvalue weighted by Gasteiger charge is -2.17. The van der Waals surface area contributed by atoms with Gasteiger partial charge in [0.15, 0.2) is 6.10 Å². The van der Waals surface area contributed by atoms with E-state index in [1.807, 2.05) is 0 Å². The van der Waals surface area contributed by atoms with Crippen LogP contribution in [-0.2, 0) is 35.3 Å². The third-order valence-electron chi connectivity index (χ3n) is 4.14. The molecule has 0 aromatic heterocycles. The molecule has 16 heteroatoms. The van der Waals surface area contributed by atoms with Crippen LogP contribution in [0.3, 0.4) is 0 Å². The number of aliphatic hydroxyl groups is 3. The van der Waals surface area contributed by atoms with Crippen LogP contribution in [-0.4, -0.2) is 85.9 Å². The van der Waals surface area contributed by atoms with Gasteiger partial charge in [0, 0.05) is 0 Å². The van der Waals surface area contributed by atoms with Gasteiger partial charge in [-0.1, -0.05) is 12.1 Å². The van der Waals surface area contributed by atoms with Crippen LogP contribution in [0, 0.1) is 0 Å². The van der Waals surface area contributed by atoms with Crippen molar-refractivity contribution in [3.63, 3.8) is 0 Å². The predicted octanol–water partition coefficient (Wildman–Crippen LogP) is 1.45. The Labute approximate surface area is 216 Å². The summed E-state index contributed by atoms with van der Waals surface area (Å²) in [6.07, 6.45) is -5.97. The van der Waals surface area contributed by atoms with Gasteiger partial charge in [0.25, 0.3) is 0 Å². The van der Waals surface area contributed by atoms with Crippen molar-refractivity contribution in [1.29, 1.82) is 0 Å². The van der Waals surface area contributed by atoms with Crippen LogP contribution in [0.4, 0.5) is 13.2 Å². The second-order valence-corrected chi connectivity index (χ2v) is 8.88. The zero-order valence-electron chi connectivity index (χ0n) is 20.1. The third-order valence-corrected chi connectivity index (χ3v) is 5.97.